The Kier molecular flexibility index (Phi) is 3.05. The lowest BCUT2D eigenvalue weighted by molar-refractivity contribution is 0.0118. The first-order valence-electron chi connectivity index (χ1n) is 3.75. The molecule has 0 spiro atoms. The Labute approximate surface area is 57.4 Å². The fourth-order valence-corrected chi connectivity index (χ4v) is 1.22. The third-order valence-corrected chi connectivity index (χ3v) is 1.76. The minimum Gasteiger partial charge on any atom is -0.378 e. The first-order chi connectivity index (χ1) is 4.43. The molecule has 1 nitrogen and oxygen atoms in total. The van der Waals surface area contributed by atoms with Crippen molar-refractivity contribution in [2.24, 2.45) is 0 Å². The zero-order chi connectivity index (χ0) is 6.53. The summed E-state index contributed by atoms with van der Waals surface area (Å²) < 4.78 is 5.44. The molecule has 1 unspecified atom stereocenters. The highest BCUT2D eigenvalue weighted by Gasteiger charge is 2.11. The summed E-state index contributed by atoms with van der Waals surface area (Å²) in [5.74, 6) is 0. The summed E-state index contributed by atoms with van der Waals surface area (Å²) in [6, 6.07) is 0. The van der Waals surface area contributed by atoms with Crippen molar-refractivity contribution in [3.05, 3.63) is 6.92 Å². The quantitative estimate of drug-likeness (QED) is 0.550. The minimum absolute atomic E-state index is 0.476. The highest BCUT2D eigenvalue weighted by Crippen LogP contribution is 2.16. The zero-order valence-corrected chi connectivity index (χ0v) is 5.81. The van der Waals surface area contributed by atoms with Gasteiger partial charge in [0.05, 0.1) is 6.10 Å². The van der Waals surface area contributed by atoms with Gasteiger partial charge in [-0.15, -0.1) is 0 Å². The normalized spacial score (nSPS) is 28.3. The molecule has 1 atom stereocenters. The van der Waals surface area contributed by atoms with Gasteiger partial charge in [-0.25, -0.2) is 0 Å². The standard InChI is InChI=1S/C8H14O/c1-2-5-8-6-3-4-7-9-8/h1,8H,2-7H2. The van der Waals surface area contributed by atoms with Crippen molar-refractivity contribution in [1.82, 2.24) is 0 Å². The number of rotatable bonds is 2. The van der Waals surface area contributed by atoms with Crippen LogP contribution in [-0.4, -0.2) is 12.7 Å². The molecular weight excluding hydrogens is 112 g/mol. The van der Waals surface area contributed by atoms with Gasteiger partial charge in [-0.1, -0.05) is 0 Å². The van der Waals surface area contributed by atoms with Crippen molar-refractivity contribution < 1.29 is 4.74 Å². The summed E-state index contributed by atoms with van der Waals surface area (Å²) >= 11 is 0. The topological polar surface area (TPSA) is 9.23 Å². The molecule has 1 heteroatoms. The van der Waals surface area contributed by atoms with E-state index >= 15 is 0 Å². The Hall–Kier alpha value is -0.0400. The summed E-state index contributed by atoms with van der Waals surface area (Å²) in [4.78, 5) is 0. The Morgan fingerprint density at radius 2 is 2.33 bits per heavy atom. The smallest absolute Gasteiger partial charge is 0.0575 e. The largest absolute Gasteiger partial charge is 0.378 e. The molecule has 9 heavy (non-hydrogen) atoms. The van der Waals surface area contributed by atoms with Gasteiger partial charge in [0, 0.05) is 6.61 Å². The van der Waals surface area contributed by atoms with Gasteiger partial charge in [-0.3, -0.25) is 0 Å². The third-order valence-electron chi connectivity index (χ3n) is 1.76. The van der Waals surface area contributed by atoms with Gasteiger partial charge in [0.25, 0.3) is 0 Å². The van der Waals surface area contributed by atoms with E-state index in [2.05, 4.69) is 0 Å². The Balaban J connectivity index is 2.08. The summed E-state index contributed by atoms with van der Waals surface area (Å²) in [6.07, 6.45) is 6.07. The van der Waals surface area contributed by atoms with Crippen LogP contribution in [0.4, 0.5) is 0 Å². The molecule has 0 aromatic rings. The van der Waals surface area contributed by atoms with Crippen molar-refractivity contribution in [2.75, 3.05) is 6.61 Å². The van der Waals surface area contributed by atoms with Gasteiger partial charge < -0.3 is 4.74 Å². The van der Waals surface area contributed by atoms with E-state index in [1.54, 1.807) is 0 Å². The van der Waals surface area contributed by atoms with Crippen LogP contribution in [-0.2, 0) is 4.74 Å². The zero-order valence-electron chi connectivity index (χ0n) is 5.81. The van der Waals surface area contributed by atoms with Gasteiger partial charge in [-0.2, -0.15) is 0 Å². The SMILES string of the molecule is [CH]CCC1CCCCO1. The lowest BCUT2D eigenvalue weighted by atomic mass is 10.1. The number of hydrogen-bond acceptors (Lipinski definition) is 1. The van der Waals surface area contributed by atoms with Crippen molar-refractivity contribution in [1.29, 1.82) is 0 Å². The van der Waals surface area contributed by atoms with Crippen LogP contribution in [0.5, 0.6) is 0 Å². The lowest BCUT2D eigenvalue weighted by Gasteiger charge is -2.21. The van der Waals surface area contributed by atoms with Crippen molar-refractivity contribution in [3.8, 4) is 0 Å². The van der Waals surface area contributed by atoms with Crippen LogP contribution in [0.15, 0.2) is 0 Å². The van der Waals surface area contributed by atoms with Crippen molar-refractivity contribution in [3.63, 3.8) is 0 Å². The maximum absolute atomic E-state index is 5.44. The molecule has 1 heterocycles. The second-order valence-corrected chi connectivity index (χ2v) is 2.57. The summed E-state index contributed by atoms with van der Waals surface area (Å²) in [5, 5.41) is 0. The fraction of sp³-hybridized carbons (Fsp3) is 0.875. The van der Waals surface area contributed by atoms with Gasteiger partial charge in [0.2, 0.25) is 0 Å². The second-order valence-electron chi connectivity index (χ2n) is 2.57. The highest BCUT2D eigenvalue weighted by molar-refractivity contribution is 4.63. The molecule has 2 radical (unpaired) electrons. The number of hydrogen-bond donors (Lipinski definition) is 0. The molecule has 52 valence electrons. The van der Waals surface area contributed by atoms with Gasteiger partial charge in [0.1, 0.15) is 0 Å². The molecule has 0 amide bonds. The van der Waals surface area contributed by atoms with E-state index in [-0.39, 0.29) is 0 Å². The highest BCUT2D eigenvalue weighted by atomic mass is 16.5. The van der Waals surface area contributed by atoms with E-state index in [0.29, 0.717) is 6.10 Å². The van der Waals surface area contributed by atoms with E-state index in [1.165, 1.54) is 19.3 Å². The molecule has 1 rings (SSSR count). The average molecular weight is 126 g/mol. The minimum atomic E-state index is 0.476. The third kappa shape index (κ3) is 2.35. The summed E-state index contributed by atoms with van der Waals surface area (Å²) in [5.41, 5.74) is 0. The van der Waals surface area contributed by atoms with Gasteiger partial charge >= 0.3 is 0 Å². The van der Waals surface area contributed by atoms with E-state index in [9.17, 15) is 0 Å². The molecule has 1 fully saturated rings. The maximum atomic E-state index is 5.44. The van der Waals surface area contributed by atoms with Crippen LogP contribution >= 0.6 is 0 Å². The van der Waals surface area contributed by atoms with Crippen LogP contribution in [0, 0.1) is 6.92 Å². The van der Waals surface area contributed by atoms with Crippen LogP contribution in [0.3, 0.4) is 0 Å². The summed E-state index contributed by atoms with van der Waals surface area (Å²) in [6.45, 7) is 6.33. The van der Waals surface area contributed by atoms with Crippen molar-refractivity contribution in [2.45, 2.75) is 38.2 Å². The van der Waals surface area contributed by atoms with Crippen LogP contribution < -0.4 is 0 Å². The van der Waals surface area contributed by atoms with Crippen LogP contribution in [0.1, 0.15) is 32.1 Å². The first-order valence-corrected chi connectivity index (χ1v) is 3.75. The fourth-order valence-electron chi connectivity index (χ4n) is 1.22. The van der Waals surface area contributed by atoms with Crippen LogP contribution in [0.25, 0.3) is 0 Å². The Morgan fingerprint density at radius 3 is 2.89 bits per heavy atom. The molecule has 0 aromatic carbocycles. The molecule has 0 saturated carbocycles. The monoisotopic (exact) mass is 126 g/mol. The predicted octanol–water partition coefficient (Wildman–Crippen LogP) is 2.05. The molecule has 1 aliphatic heterocycles. The molecule has 0 aromatic heterocycles. The lowest BCUT2D eigenvalue weighted by Crippen LogP contribution is -2.18. The van der Waals surface area contributed by atoms with E-state index in [1.807, 2.05) is 0 Å². The molecular formula is C8H14O. The summed E-state index contributed by atoms with van der Waals surface area (Å²) in [7, 11) is 0. The van der Waals surface area contributed by atoms with Crippen molar-refractivity contribution >= 4 is 0 Å². The van der Waals surface area contributed by atoms with Crippen LogP contribution in [0.2, 0.25) is 0 Å². The average Bonchev–Trinajstić information content (AvgIpc) is 1.91. The molecule has 1 saturated heterocycles. The van der Waals surface area contributed by atoms with Gasteiger partial charge in [0.15, 0.2) is 0 Å². The Morgan fingerprint density at radius 1 is 1.44 bits per heavy atom. The number of ether oxygens (including phenoxy) is 1. The van der Waals surface area contributed by atoms with Gasteiger partial charge in [-0.05, 0) is 39.0 Å². The molecule has 0 bridgehead atoms. The van der Waals surface area contributed by atoms with E-state index < -0.39 is 0 Å². The second kappa shape index (κ2) is 3.89. The predicted molar refractivity (Wildman–Crippen MR) is 37.1 cm³/mol. The molecule has 0 N–H and O–H groups in total. The van der Waals surface area contributed by atoms with E-state index in [0.717, 1.165) is 19.4 Å². The first kappa shape index (κ1) is 7.07. The Bertz CT molecular complexity index is 62.2. The maximum Gasteiger partial charge on any atom is 0.0575 e. The van der Waals surface area contributed by atoms with E-state index in [4.69, 9.17) is 11.7 Å². The molecule has 1 aliphatic rings. The molecule has 0 aliphatic carbocycles.